The Bertz CT molecular complexity index is 274. The maximum Gasteiger partial charge on any atom is 0.266 e. The van der Waals surface area contributed by atoms with Gasteiger partial charge in [0.05, 0.1) is 5.69 Å². The molecular formula is C6H9FN2O. The maximum absolute atomic E-state index is 12.4. The molecule has 0 saturated carbocycles. The van der Waals surface area contributed by atoms with Gasteiger partial charge in [0, 0.05) is 13.1 Å². The molecule has 1 N–H and O–H groups in total. The number of alkyl halides is 1. The minimum atomic E-state index is -1.10. The summed E-state index contributed by atoms with van der Waals surface area (Å²) < 4.78 is 13.7. The second kappa shape index (κ2) is 2.28. The van der Waals surface area contributed by atoms with Crippen molar-refractivity contribution in [3.8, 4) is 0 Å². The van der Waals surface area contributed by atoms with Crippen LogP contribution in [-0.4, -0.2) is 9.78 Å². The van der Waals surface area contributed by atoms with Crippen molar-refractivity contribution in [3.05, 3.63) is 22.1 Å². The van der Waals surface area contributed by atoms with Crippen LogP contribution in [0, 0.1) is 0 Å². The Labute approximate surface area is 57.5 Å². The van der Waals surface area contributed by atoms with Crippen molar-refractivity contribution in [3.63, 3.8) is 0 Å². The van der Waals surface area contributed by atoms with Gasteiger partial charge in [-0.25, -0.2) is 4.39 Å². The first-order valence-electron chi connectivity index (χ1n) is 3.01. The number of aromatic amines is 1. The number of halogens is 1. The molecule has 0 saturated heterocycles. The lowest BCUT2D eigenvalue weighted by molar-refractivity contribution is 0.363. The number of rotatable bonds is 1. The molecule has 3 nitrogen and oxygen atoms in total. The van der Waals surface area contributed by atoms with Gasteiger partial charge in [-0.05, 0) is 6.92 Å². The number of nitrogens with one attached hydrogen (secondary N) is 1. The van der Waals surface area contributed by atoms with Crippen LogP contribution in [0.1, 0.15) is 18.8 Å². The Hall–Kier alpha value is -1.06. The molecule has 56 valence electrons. The zero-order valence-electron chi connectivity index (χ0n) is 5.89. The molecule has 0 bridgehead atoms. The van der Waals surface area contributed by atoms with Gasteiger partial charge in [0.2, 0.25) is 0 Å². The van der Waals surface area contributed by atoms with Gasteiger partial charge in [-0.1, -0.05) is 0 Å². The molecule has 1 rings (SSSR count). The summed E-state index contributed by atoms with van der Waals surface area (Å²) in [5, 5.41) is 2.57. The molecular weight excluding hydrogens is 135 g/mol. The van der Waals surface area contributed by atoms with Gasteiger partial charge in [0.1, 0.15) is 6.17 Å². The van der Waals surface area contributed by atoms with Crippen molar-refractivity contribution >= 4 is 0 Å². The Kier molecular flexibility index (Phi) is 1.61. The smallest absolute Gasteiger partial charge is 0.266 e. The van der Waals surface area contributed by atoms with Crippen molar-refractivity contribution < 1.29 is 4.39 Å². The van der Waals surface area contributed by atoms with E-state index in [2.05, 4.69) is 5.10 Å². The molecule has 1 aromatic heterocycles. The minimum absolute atomic E-state index is 0.209. The highest BCUT2D eigenvalue weighted by Gasteiger charge is 2.05. The summed E-state index contributed by atoms with van der Waals surface area (Å²) in [6, 6.07) is 1.25. The average molecular weight is 144 g/mol. The molecule has 1 atom stereocenters. The summed E-state index contributed by atoms with van der Waals surface area (Å²) in [5.41, 5.74) is 0.118. The van der Waals surface area contributed by atoms with Gasteiger partial charge in [0.15, 0.2) is 0 Å². The van der Waals surface area contributed by atoms with Gasteiger partial charge in [-0.15, -0.1) is 0 Å². The van der Waals surface area contributed by atoms with E-state index >= 15 is 0 Å². The Balaban J connectivity index is 3.10. The van der Waals surface area contributed by atoms with Crippen LogP contribution in [0.5, 0.6) is 0 Å². The zero-order valence-corrected chi connectivity index (χ0v) is 5.89. The molecule has 1 unspecified atom stereocenters. The van der Waals surface area contributed by atoms with Crippen LogP contribution >= 0.6 is 0 Å². The van der Waals surface area contributed by atoms with E-state index in [4.69, 9.17) is 0 Å². The Morgan fingerprint density at radius 1 is 1.80 bits per heavy atom. The molecule has 4 heteroatoms. The summed E-state index contributed by atoms with van der Waals surface area (Å²) in [4.78, 5) is 10.7. The second-order valence-electron chi connectivity index (χ2n) is 2.22. The monoisotopic (exact) mass is 144 g/mol. The Morgan fingerprint density at radius 2 is 2.40 bits per heavy atom. The predicted octanol–water partition coefficient (Wildman–Crippen LogP) is 0.744. The van der Waals surface area contributed by atoms with Crippen molar-refractivity contribution in [1.29, 1.82) is 0 Å². The number of hydrogen-bond donors (Lipinski definition) is 1. The number of aryl methyl sites for hydroxylation is 1. The first-order chi connectivity index (χ1) is 4.61. The first-order valence-corrected chi connectivity index (χ1v) is 3.01. The van der Waals surface area contributed by atoms with E-state index in [0.29, 0.717) is 5.69 Å². The van der Waals surface area contributed by atoms with Crippen LogP contribution in [0.3, 0.4) is 0 Å². The zero-order chi connectivity index (χ0) is 7.72. The molecule has 0 radical (unpaired) electrons. The number of hydrogen-bond acceptors (Lipinski definition) is 1. The second-order valence-corrected chi connectivity index (χ2v) is 2.22. The standard InChI is InChI=1S/C6H9FN2O/c1-4(7)5-3-6(10)9(2)8-5/h3-4,8H,1-2H3. The molecule has 0 fully saturated rings. The highest BCUT2D eigenvalue weighted by Crippen LogP contribution is 2.09. The molecule has 1 aromatic rings. The molecule has 0 aliphatic carbocycles. The first kappa shape index (κ1) is 7.05. The molecule has 0 aliphatic rings. The largest absolute Gasteiger partial charge is 0.297 e. The molecule has 0 amide bonds. The predicted molar refractivity (Wildman–Crippen MR) is 35.6 cm³/mol. The SMILES string of the molecule is CC(F)c1cc(=O)n(C)[nH]1. The summed E-state index contributed by atoms with van der Waals surface area (Å²) in [6.07, 6.45) is -1.10. The van der Waals surface area contributed by atoms with Gasteiger partial charge >= 0.3 is 0 Å². The third kappa shape index (κ3) is 1.10. The van der Waals surface area contributed by atoms with Gasteiger partial charge in [-0.3, -0.25) is 14.6 Å². The maximum atomic E-state index is 12.4. The summed E-state index contributed by atoms with van der Waals surface area (Å²) in [7, 11) is 1.55. The van der Waals surface area contributed by atoms with Crippen molar-refractivity contribution in [2.75, 3.05) is 0 Å². The van der Waals surface area contributed by atoms with Crippen LogP contribution in [-0.2, 0) is 7.05 Å². The normalized spacial score (nSPS) is 13.5. The van der Waals surface area contributed by atoms with Crippen molar-refractivity contribution in [2.24, 2.45) is 7.05 Å². The van der Waals surface area contributed by atoms with Gasteiger partial charge in [0.25, 0.3) is 5.56 Å². The van der Waals surface area contributed by atoms with E-state index in [1.807, 2.05) is 0 Å². The van der Waals surface area contributed by atoms with Gasteiger partial charge in [-0.2, -0.15) is 0 Å². The molecule has 1 heterocycles. The molecule has 0 aromatic carbocycles. The molecule has 0 aliphatic heterocycles. The fourth-order valence-corrected chi connectivity index (χ4v) is 0.715. The van der Waals surface area contributed by atoms with E-state index in [0.717, 1.165) is 0 Å². The summed E-state index contributed by atoms with van der Waals surface area (Å²) in [6.45, 7) is 1.38. The van der Waals surface area contributed by atoms with Crippen LogP contribution < -0.4 is 5.56 Å². The minimum Gasteiger partial charge on any atom is -0.297 e. The van der Waals surface area contributed by atoms with E-state index < -0.39 is 6.17 Å². The van der Waals surface area contributed by atoms with Gasteiger partial charge < -0.3 is 0 Å². The Morgan fingerprint density at radius 3 is 2.60 bits per heavy atom. The third-order valence-electron chi connectivity index (χ3n) is 1.33. The van der Waals surface area contributed by atoms with Crippen molar-refractivity contribution in [2.45, 2.75) is 13.1 Å². The fraction of sp³-hybridized carbons (Fsp3) is 0.500. The quantitative estimate of drug-likeness (QED) is 0.620. The lowest BCUT2D eigenvalue weighted by Gasteiger charge is -1.94. The highest BCUT2D eigenvalue weighted by molar-refractivity contribution is 5.01. The summed E-state index contributed by atoms with van der Waals surface area (Å²) in [5.74, 6) is 0. The summed E-state index contributed by atoms with van der Waals surface area (Å²) >= 11 is 0. The van der Waals surface area contributed by atoms with E-state index in [-0.39, 0.29) is 5.56 Å². The van der Waals surface area contributed by atoms with Crippen LogP contribution in [0.15, 0.2) is 10.9 Å². The van der Waals surface area contributed by atoms with Crippen LogP contribution in [0.25, 0.3) is 0 Å². The lowest BCUT2D eigenvalue weighted by atomic mass is 10.3. The van der Waals surface area contributed by atoms with Crippen LogP contribution in [0.2, 0.25) is 0 Å². The highest BCUT2D eigenvalue weighted by atomic mass is 19.1. The lowest BCUT2D eigenvalue weighted by Crippen LogP contribution is -2.09. The van der Waals surface area contributed by atoms with E-state index in [9.17, 15) is 9.18 Å². The van der Waals surface area contributed by atoms with E-state index in [1.165, 1.54) is 17.7 Å². The molecule has 10 heavy (non-hydrogen) atoms. The average Bonchev–Trinajstić information content (AvgIpc) is 2.13. The fourth-order valence-electron chi connectivity index (χ4n) is 0.715. The van der Waals surface area contributed by atoms with E-state index in [1.54, 1.807) is 7.05 Å². The number of H-pyrrole nitrogens is 1. The molecule has 0 spiro atoms. The topological polar surface area (TPSA) is 37.8 Å². The number of aromatic nitrogens is 2. The number of nitrogens with zero attached hydrogens (tertiary/aromatic N) is 1. The van der Waals surface area contributed by atoms with Crippen LogP contribution in [0.4, 0.5) is 4.39 Å². The third-order valence-corrected chi connectivity index (χ3v) is 1.33. The van der Waals surface area contributed by atoms with Crippen molar-refractivity contribution in [1.82, 2.24) is 9.78 Å².